The van der Waals surface area contributed by atoms with Gasteiger partial charge in [-0.05, 0) is 33.2 Å². The quantitative estimate of drug-likeness (QED) is 0.636. The highest BCUT2D eigenvalue weighted by Gasteiger charge is 2.25. The summed E-state index contributed by atoms with van der Waals surface area (Å²) in [7, 11) is -3.27. The summed E-state index contributed by atoms with van der Waals surface area (Å²) in [4.78, 5) is 11.9. The molecule has 1 aliphatic heterocycles. The van der Waals surface area contributed by atoms with Crippen molar-refractivity contribution in [2.45, 2.75) is 44.7 Å². The number of rotatable bonds is 5. The SMILES string of the molecule is CC(C)(CNC(=O)[C@@H]1CCCCN1)NS(C)(=O)=O. The zero-order valence-electron chi connectivity index (χ0n) is 11.2. The second-order valence-electron chi connectivity index (χ2n) is 5.48. The van der Waals surface area contributed by atoms with E-state index in [1.54, 1.807) is 13.8 Å². The summed E-state index contributed by atoms with van der Waals surface area (Å²) >= 11 is 0. The maximum atomic E-state index is 11.9. The number of sulfonamides is 1. The predicted octanol–water partition coefficient (Wildman–Crippen LogP) is -0.427. The van der Waals surface area contributed by atoms with Crippen molar-refractivity contribution >= 4 is 15.9 Å². The van der Waals surface area contributed by atoms with E-state index < -0.39 is 15.6 Å². The van der Waals surface area contributed by atoms with Crippen molar-refractivity contribution in [2.24, 2.45) is 0 Å². The third kappa shape index (κ3) is 5.79. The Labute approximate surface area is 109 Å². The summed E-state index contributed by atoms with van der Waals surface area (Å²) in [5.74, 6) is -0.0573. The highest BCUT2D eigenvalue weighted by Crippen LogP contribution is 2.08. The molecule has 0 aromatic heterocycles. The average molecular weight is 277 g/mol. The van der Waals surface area contributed by atoms with Crippen LogP contribution in [0.25, 0.3) is 0 Å². The molecule has 1 fully saturated rings. The molecule has 0 unspecified atom stereocenters. The molecule has 1 atom stereocenters. The molecule has 3 N–H and O–H groups in total. The van der Waals surface area contributed by atoms with E-state index in [0.29, 0.717) is 0 Å². The predicted molar refractivity (Wildman–Crippen MR) is 70.7 cm³/mol. The molecule has 0 aromatic carbocycles. The molecule has 0 aliphatic carbocycles. The molecule has 1 heterocycles. The minimum Gasteiger partial charge on any atom is -0.353 e. The van der Waals surface area contributed by atoms with Gasteiger partial charge in [0.1, 0.15) is 0 Å². The monoisotopic (exact) mass is 277 g/mol. The summed E-state index contributed by atoms with van der Waals surface area (Å²) in [6.07, 6.45) is 4.10. The molecular formula is C11H23N3O3S. The van der Waals surface area contributed by atoms with Crippen molar-refractivity contribution in [3.8, 4) is 0 Å². The van der Waals surface area contributed by atoms with E-state index in [9.17, 15) is 13.2 Å². The first-order chi connectivity index (χ1) is 8.20. The second kappa shape index (κ2) is 5.99. The molecule has 0 radical (unpaired) electrons. The van der Waals surface area contributed by atoms with Gasteiger partial charge in [-0.25, -0.2) is 13.1 Å². The fourth-order valence-corrected chi connectivity index (χ4v) is 3.12. The number of amides is 1. The molecule has 0 saturated carbocycles. The summed E-state index contributed by atoms with van der Waals surface area (Å²) in [5, 5.41) is 5.94. The van der Waals surface area contributed by atoms with Crippen molar-refractivity contribution in [2.75, 3.05) is 19.3 Å². The molecule has 0 bridgehead atoms. The van der Waals surface area contributed by atoms with Crippen LogP contribution in [0.15, 0.2) is 0 Å². The average Bonchev–Trinajstić information content (AvgIpc) is 2.24. The van der Waals surface area contributed by atoms with Crippen LogP contribution in [0.4, 0.5) is 0 Å². The summed E-state index contributed by atoms with van der Waals surface area (Å²) in [6.45, 7) is 4.62. The van der Waals surface area contributed by atoms with Gasteiger partial charge >= 0.3 is 0 Å². The Hall–Kier alpha value is -0.660. The smallest absolute Gasteiger partial charge is 0.237 e. The lowest BCUT2D eigenvalue weighted by Gasteiger charge is -2.28. The lowest BCUT2D eigenvalue weighted by Crippen LogP contribution is -2.54. The Morgan fingerprint density at radius 2 is 2.06 bits per heavy atom. The van der Waals surface area contributed by atoms with Crippen molar-refractivity contribution in [1.29, 1.82) is 0 Å². The van der Waals surface area contributed by atoms with E-state index in [2.05, 4.69) is 15.4 Å². The maximum Gasteiger partial charge on any atom is 0.237 e. The fraction of sp³-hybridized carbons (Fsp3) is 0.909. The van der Waals surface area contributed by atoms with E-state index in [1.165, 1.54) is 0 Å². The Kier molecular flexibility index (Phi) is 5.12. The van der Waals surface area contributed by atoms with Gasteiger partial charge < -0.3 is 10.6 Å². The molecule has 1 aliphatic rings. The first kappa shape index (κ1) is 15.4. The lowest BCUT2D eigenvalue weighted by molar-refractivity contribution is -0.123. The Balaban J connectivity index is 2.41. The number of carbonyl (C=O) groups excluding carboxylic acids is 1. The minimum atomic E-state index is -3.27. The summed E-state index contributed by atoms with van der Waals surface area (Å²) in [6, 6.07) is -0.146. The third-order valence-corrected chi connectivity index (χ3v) is 3.72. The molecule has 7 heteroatoms. The Morgan fingerprint density at radius 1 is 1.39 bits per heavy atom. The van der Waals surface area contributed by atoms with Crippen molar-refractivity contribution in [3.63, 3.8) is 0 Å². The summed E-state index contributed by atoms with van der Waals surface area (Å²) in [5.41, 5.74) is -0.683. The number of hydrogen-bond donors (Lipinski definition) is 3. The van der Waals surface area contributed by atoms with E-state index in [0.717, 1.165) is 32.1 Å². The fourth-order valence-electron chi connectivity index (χ4n) is 2.04. The topological polar surface area (TPSA) is 87.3 Å². The Bertz CT molecular complexity index is 386. The van der Waals surface area contributed by atoms with Gasteiger partial charge in [0.25, 0.3) is 0 Å². The lowest BCUT2D eigenvalue weighted by atomic mass is 10.0. The molecule has 18 heavy (non-hydrogen) atoms. The zero-order valence-corrected chi connectivity index (χ0v) is 12.1. The van der Waals surface area contributed by atoms with Crippen LogP contribution in [0.2, 0.25) is 0 Å². The summed E-state index contributed by atoms with van der Waals surface area (Å²) < 4.78 is 24.8. The van der Waals surface area contributed by atoms with Crippen LogP contribution in [0.1, 0.15) is 33.1 Å². The van der Waals surface area contributed by atoms with Crippen LogP contribution in [0.5, 0.6) is 0 Å². The first-order valence-electron chi connectivity index (χ1n) is 6.20. The van der Waals surface area contributed by atoms with Gasteiger partial charge in [-0.1, -0.05) is 6.42 Å². The van der Waals surface area contributed by atoms with Crippen molar-refractivity contribution < 1.29 is 13.2 Å². The molecule has 0 aromatic rings. The first-order valence-corrected chi connectivity index (χ1v) is 8.09. The van der Waals surface area contributed by atoms with Gasteiger partial charge in [-0.2, -0.15) is 0 Å². The standard InChI is InChI=1S/C11H23N3O3S/c1-11(2,14-18(3,16)17)8-13-10(15)9-6-4-5-7-12-9/h9,12,14H,4-8H2,1-3H3,(H,13,15)/t9-/m0/s1. The van der Waals surface area contributed by atoms with Crippen LogP contribution in [-0.4, -0.2) is 45.3 Å². The van der Waals surface area contributed by atoms with Gasteiger partial charge in [0.15, 0.2) is 0 Å². The number of nitrogens with one attached hydrogen (secondary N) is 3. The van der Waals surface area contributed by atoms with Gasteiger partial charge in [0, 0.05) is 12.1 Å². The molecule has 6 nitrogen and oxygen atoms in total. The van der Waals surface area contributed by atoms with Gasteiger partial charge in [-0.3, -0.25) is 4.79 Å². The van der Waals surface area contributed by atoms with Crippen LogP contribution in [-0.2, 0) is 14.8 Å². The van der Waals surface area contributed by atoms with Gasteiger partial charge in [0.2, 0.25) is 15.9 Å². The third-order valence-electron chi connectivity index (χ3n) is 2.79. The second-order valence-corrected chi connectivity index (χ2v) is 7.23. The van der Waals surface area contributed by atoms with Crippen molar-refractivity contribution in [1.82, 2.24) is 15.4 Å². The Morgan fingerprint density at radius 3 is 2.56 bits per heavy atom. The number of carbonyl (C=O) groups is 1. The van der Waals surface area contributed by atoms with E-state index >= 15 is 0 Å². The van der Waals surface area contributed by atoms with Crippen LogP contribution >= 0.6 is 0 Å². The minimum absolute atomic E-state index is 0.0573. The van der Waals surface area contributed by atoms with Crippen LogP contribution in [0, 0.1) is 0 Å². The maximum absolute atomic E-state index is 11.9. The highest BCUT2D eigenvalue weighted by molar-refractivity contribution is 7.88. The van der Waals surface area contributed by atoms with Gasteiger partial charge in [-0.15, -0.1) is 0 Å². The molecule has 106 valence electrons. The highest BCUT2D eigenvalue weighted by atomic mass is 32.2. The normalized spacial score (nSPS) is 21.6. The number of piperidine rings is 1. The van der Waals surface area contributed by atoms with Crippen LogP contribution in [0.3, 0.4) is 0 Å². The van der Waals surface area contributed by atoms with E-state index in [4.69, 9.17) is 0 Å². The molecule has 1 rings (SSSR count). The zero-order chi connectivity index (χ0) is 13.8. The largest absolute Gasteiger partial charge is 0.353 e. The molecule has 0 spiro atoms. The van der Waals surface area contributed by atoms with Crippen molar-refractivity contribution in [3.05, 3.63) is 0 Å². The van der Waals surface area contributed by atoms with Gasteiger partial charge in [0.05, 0.1) is 12.3 Å². The van der Waals surface area contributed by atoms with E-state index in [1.807, 2.05) is 0 Å². The van der Waals surface area contributed by atoms with E-state index in [-0.39, 0.29) is 18.5 Å². The molecule has 1 saturated heterocycles. The van der Waals surface area contributed by atoms with Crippen LogP contribution < -0.4 is 15.4 Å². The molecular weight excluding hydrogens is 254 g/mol. The number of hydrogen-bond acceptors (Lipinski definition) is 4. The molecule has 1 amide bonds.